The average Bonchev–Trinajstić information content (AvgIpc) is 2.74. The van der Waals surface area contributed by atoms with Gasteiger partial charge in [-0.25, -0.2) is 8.42 Å². The molecule has 1 fully saturated rings. The number of nitrogens with zero attached hydrogens (tertiary/aromatic N) is 1. The second-order valence-corrected chi connectivity index (χ2v) is 9.00. The van der Waals surface area contributed by atoms with Crippen LogP contribution in [0.5, 0.6) is 5.75 Å². The molecular weight excluding hydrogens is 416 g/mol. The summed E-state index contributed by atoms with van der Waals surface area (Å²) in [6.45, 7) is 3.52. The third-order valence-corrected chi connectivity index (χ3v) is 6.69. The fourth-order valence-corrected chi connectivity index (χ4v) is 4.41. The molecule has 0 aliphatic carbocycles. The Balaban J connectivity index is 1.52. The van der Waals surface area contributed by atoms with Crippen LogP contribution < -0.4 is 10.1 Å². The minimum atomic E-state index is -3.52. The van der Waals surface area contributed by atoms with Crippen LogP contribution in [0.4, 0.5) is 0 Å². The Morgan fingerprint density at radius 1 is 1.17 bits per heavy atom. The molecule has 0 atom stereocenters. The topological polar surface area (TPSA) is 84.9 Å². The van der Waals surface area contributed by atoms with E-state index in [0.717, 1.165) is 11.1 Å². The molecule has 1 aliphatic rings. The Kier molecular flexibility index (Phi) is 7.13. The molecule has 3 rings (SSSR count). The van der Waals surface area contributed by atoms with Gasteiger partial charge >= 0.3 is 0 Å². The largest absolute Gasteiger partial charge is 0.482 e. The zero-order valence-electron chi connectivity index (χ0n) is 16.1. The van der Waals surface area contributed by atoms with Crippen LogP contribution in [-0.2, 0) is 26.1 Å². The number of benzene rings is 2. The summed E-state index contributed by atoms with van der Waals surface area (Å²) in [4.78, 5) is 12.3. The smallest absolute Gasteiger partial charge is 0.258 e. The van der Waals surface area contributed by atoms with E-state index in [2.05, 4.69) is 5.32 Å². The summed E-state index contributed by atoms with van der Waals surface area (Å²) in [5, 5.41) is 3.19. The number of carbonyl (C=O) groups is 1. The number of rotatable bonds is 7. The van der Waals surface area contributed by atoms with Gasteiger partial charge in [0, 0.05) is 19.6 Å². The summed E-state index contributed by atoms with van der Waals surface area (Å²) in [6, 6.07) is 11.8. The maximum atomic E-state index is 12.6. The minimum absolute atomic E-state index is 0.160. The van der Waals surface area contributed by atoms with Gasteiger partial charge in [0.1, 0.15) is 5.75 Å². The number of sulfonamides is 1. The van der Waals surface area contributed by atoms with E-state index in [1.807, 2.05) is 13.0 Å². The number of aryl methyl sites for hydroxylation is 1. The van der Waals surface area contributed by atoms with Gasteiger partial charge in [-0.15, -0.1) is 0 Å². The molecule has 1 saturated heterocycles. The van der Waals surface area contributed by atoms with E-state index in [4.69, 9.17) is 21.1 Å². The van der Waals surface area contributed by atoms with E-state index in [-0.39, 0.29) is 24.0 Å². The highest BCUT2D eigenvalue weighted by molar-refractivity contribution is 7.89. The molecule has 2 aromatic carbocycles. The summed E-state index contributed by atoms with van der Waals surface area (Å²) < 4.78 is 37.3. The van der Waals surface area contributed by atoms with Crippen molar-refractivity contribution >= 4 is 27.5 Å². The van der Waals surface area contributed by atoms with Crippen molar-refractivity contribution in [1.82, 2.24) is 9.62 Å². The van der Waals surface area contributed by atoms with Crippen molar-refractivity contribution in [3.8, 4) is 5.75 Å². The predicted molar refractivity (Wildman–Crippen MR) is 110 cm³/mol. The molecule has 0 aromatic heterocycles. The summed E-state index contributed by atoms with van der Waals surface area (Å²) >= 11 is 6.04. The van der Waals surface area contributed by atoms with E-state index in [1.165, 1.54) is 4.31 Å². The van der Waals surface area contributed by atoms with E-state index in [0.29, 0.717) is 37.1 Å². The Labute approximate surface area is 175 Å². The third-order valence-electron chi connectivity index (χ3n) is 4.47. The van der Waals surface area contributed by atoms with Crippen molar-refractivity contribution in [3.63, 3.8) is 0 Å². The molecule has 1 N–H and O–H groups in total. The predicted octanol–water partition coefficient (Wildman–Crippen LogP) is 2.36. The maximum Gasteiger partial charge on any atom is 0.258 e. The van der Waals surface area contributed by atoms with Crippen LogP contribution in [0.25, 0.3) is 0 Å². The van der Waals surface area contributed by atoms with E-state index >= 15 is 0 Å². The second kappa shape index (κ2) is 9.58. The summed E-state index contributed by atoms with van der Waals surface area (Å²) in [5.41, 5.74) is 1.77. The maximum absolute atomic E-state index is 12.6. The first-order chi connectivity index (χ1) is 13.9. The molecule has 29 heavy (non-hydrogen) atoms. The molecule has 0 unspecified atom stereocenters. The highest BCUT2D eigenvalue weighted by Gasteiger charge is 2.26. The van der Waals surface area contributed by atoms with Gasteiger partial charge in [0.25, 0.3) is 5.91 Å². The molecule has 1 aliphatic heterocycles. The molecule has 0 saturated carbocycles. The van der Waals surface area contributed by atoms with Gasteiger partial charge in [-0.05, 0) is 42.3 Å². The van der Waals surface area contributed by atoms with Crippen LogP contribution in [0.15, 0.2) is 47.4 Å². The summed E-state index contributed by atoms with van der Waals surface area (Å²) in [5.74, 6) is 0.159. The van der Waals surface area contributed by atoms with E-state index in [9.17, 15) is 13.2 Å². The summed E-state index contributed by atoms with van der Waals surface area (Å²) in [7, 11) is -3.52. The number of nitrogens with one attached hydrogen (secondary N) is 1. The zero-order chi connectivity index (χ0) is 20.9. The van der Waals surface area contributed by atoms with Gasteiger partial charge in [0.2, 0.25) is 10.0 Å². The monoisotopic (exact) mass is 438 g/mol. The number of halogens is 1. The van der Waals surface area contributed by atoms with Crippen molar-refractivity contribution in [2.24, 2.45) is 0 Å². The molecule has 2 aromatic rings. The number of morpholine rings is 1. The van der Waals surface area contributed by atoms with Gasteiger partial charge < -0.3 is 14.8 Å². The molecule has 0 bridgehead atoms. The van der Waals surface area contributed by atoms with Crippen LogP contribution in [0, 0.1) is 6.92 Å². The van der Waals surface area contributed by atoms with Gasteiger partial charge in [-0.3, -0.25) is 4.79 Å². The Morgan fingerprint density at radius 2 is 1.86 bits per heavy atom. The van der Waals surface area contributed by atoms with Crippen LogP contribution in [-0.4, -0.2) is 51.5 Å². The normalized spacial score (nSPS) is 15.1. The Morgan fingerprint density at radius 3 is 2.55 bits per heavy atom. The Hall–Kier alpha value is -2.13. The minimum Gasteiger partial charge on any atom is -0.482 e. The number of hydrogen-bond acceptors (Lipinski definition) is 5. The van der Waals surface area contributed by atoms with Crippen LogP contribution in [0.1, 0.15) is 11.1 Å². The number of ether oxygens (including phenoxy) is 2. The molecule has 156 valence electrons. The zero-order valence-corrected chi connectivity index (χ0v) is 17.6. The molecule has 7 nitrogen and oxygen atoms in total. The van der Waals surface area contributed by atoms with Gasteiger partial charge in [0.15, 0.2) is 6.61 Å². The van der Waals surface area contributed by atoms with Crippen LogP contribution in [0.2, 0.25) is 5.02 Å². The van der Waals surface area contributed by atoms with Gasteiger partial charge in [0.05, 0.1) is 23.1 Å². The highest BCUT2D eigenvalue weighted by atomic mass is 35.5. The lowest BCUT2D eigenvalue weighted by Gasteiger charge is -2.26. The van der Waals surface area contributed by atoms with Crippen molar-refractivity contribution in [1.29, 1.82) is 0 Å². The quantitative estimate of drug-likeness (QED) is 0.717. The molecule has 9 heteroatoms. The van der Waals surface area contributed by atoms with Gasteiger partial charge in [-0.1, -0.05) is 29.8 Å². The fourth-order valence-electron chi connectivity index (χ4n) is 2.83. The lowest BCUT2D eigenvalue weighted by Crippen LogP contribution is -2.40. The Bertz CT molecular complexity index is 957. The highest BCUT2D eigenvalue weighted by Crippen LogP contribution is 2.25. The third kappa shape index (κ3) is 5.70. The standard InChI is InChI=1S/C20H23ClN2O5S/c1-15-2-7-18(21)19(12-15)28-14-20(24)22-13-16-3-5-17(6-4-16)29(25,26)23-8-10-27-11-9-23/h2-7,12H,8-11,13-14H2,1H3,(H,22,24). The first-order valence-electron chi connectivity index (χ1n) is 9.19. The average molecular weight is 439 g/mol. The van der Waals surface area contributed by atoms with Crippen molar-refractivity contribution in [2.45, 2.75) is 18.4 Å². The lowest BCUT2D eigenvalue weighted by molar-refractivity contribution is -0.123. The molecule has 1 heterocycles. The second-order valence-electron chi connectivity index (χ2n) is 6.66. The first kappa shape index (κ1) is 21.6. The van der Waals surface area contributed by atoms with E-state index in [1.54, 1.807) is 36.4 Å². The molecular formula is C20H23ClN2O5S. The van der Waals surface area contributed by atoms with Crippen LogP contribution >= 0.6 is 11.6 Å². The molecule has 1 amide bonds. The molecule has 0 radical (unpaired) electrons. The first-order valence-corrected chi connectivity index (χ1v) is 11.0. The van der Waals surface area contributed by atoms with Gasteiger partial charge in [-0.2, -0.15) is 4.31 Å². The molecule has 0 spiro atoms. The lowest BCUT2D eigenvalue weighted by atomic mass is 10.2. The summed E-state index contributed by atoms with van der Waals surface area (Å²) in [6.07, 6.45) is 0. The van der Waals surface area contributed by atoms with Crippen molar-refractivity contribution in [2.75, 3.05) is 32.9 Å². The number of hydrogen-bond donors (Lipinski definition) is 1. The van der Waals surface area contributed by atoms with Crippen molar-refractivity contribution < 1.29 is 22.7 Å². The number of carbonyl (C=O) groups excluding carboxylic acids is 1. The van der Waals surface area contributed by atoms with Crippen LogP contribution in [0.3, 0.4) is 0 Å². The van der Waals surface area contributed by atoms with E-state index < -0.39 is 10.0 Å². The fraction of sp³-hybridized carbons (Fsp3) is 0.350. The number of amides is 1. The SMILES string of the molecule is Cc1ccc(Cl)c(OCC(=O)NCc2ccc(S(=O)(=O)N3CCOCC3)cc2)c1. The van der Waals surface area contributed by atoms with Crippen molar-refractivity contribution in [3.05, 3.63) is 58.6 Å².